The van der Waals surface area contributed by atoms with Crippen LogP contribution in [0.5, 0.6) is 0 Å². The fourth-order valence-electron chi connectivity index (χ4n) is 1.19. The fourth-order valence-corrected chi connectivity index (χ4v) is 1.79. The molecule has 5 heteroatoms. The van der Waals surface area contributed by atoms with Crippen molar-refractivity contribution in [2.24, 2.45) is 5.73 Å². The zero-order valence-corrected chi connectivity index (χ0v) is 10.8. The number of carbonyl (C=O) groups is 1. The van der Waals surface area contributed by atoms with Crippen LogP contribution >= 0.6 is 12.0 Å². The second-order valence-corrected chi connectivity index (χ2v) is 4.28. The first-order valence-corrected chi connectivity index (χ1v) is 6.35. The summed E-state index contributed by atoms with van der Waals surface area (Å²) in [6.07, 6.45) is 8.26. The molecule has 0 aromatic carbocycles. The first-order valence-electron chi connectivity index (χ1n) is 5.44. The number of ether oxygens (including phenoxy) is 1. The number of hydrogen-bond donors (Lipinski definition) is 1. The molecule has 0 aromatic heterocycles. The van der Waals surface area contributed by atoms with Crippen molar-refractivity contribution < 1.29 is 13.7 Å². The van der Waals surface area contributed by atoms with E-state index in [4.69, 9.17) is 14.7 Å². The van der Waals surface area contributed by atoms with Crippen LogP contribution in [-0.4, -0.2) is 17.6 Å². The molecule has 0 saturated carbocycles. The Hall–Kier alpha value is -1.36. The quantitative estimate of drug-likeness (QED) is 0.448. The maximum atomic E-state index is 11.5. The average Bonchev–Trinajstić information content (AvgIpc) is 2.54. The molecule has 4 nitrogen and oxygen atoms in total. The maximum Gasteiger partial charge on any atom is 0.244 e. The smallest absolute Gasteiger partial charge is 0.244 e. The number of allylic oxidation sites excluding steroid dienone is 4. The lowest BCUT2D eigenvalue weighted by Crippen LogP contribution is -2.13. The van der Waals surface area contributed by atoms with Gasteiger partial charge in [-0.15, -0.1) is 0 Å². The summed E-state index contributed by atoms with van der Waals surface area (Å²) in [5.74, 6) is 0.783. The molecule has 1 unspecified atom stereocenters. The van der Waals surface area contributed by atoms with Crippen LogP contribution in [-0.2, 0) is 13.7 Å². The Balaban J connectivity index is 2.23. The molecule has 0 fully saturated rings. The molecular formula is C12H17NO3S. The van der Waals surface area contributed by atoms with Gasteiger partial charge in [0.25, 0.3) is 0 Å². The molecule has 0 radical (unpaired) electrons. The van der Waals surface area contributed by atoms with Crippen molar-refractivity contribution in [1.82, 2.24) is 0 Å². The van der Waals surface area contributed by atoms with Gasteiger partial charge in [-0.1, -0.05) is 24.3 Å². The summed E-state index contributed by atoms with van der Waals surface area (Å²) in [6, 6.07) is 0. The SMILES string of the molecule is C/C=C\C=C/CCSOC1=C(N)OC(C)C1=O. The highest BCUT2D eigenvalue weighted by Gasteiger charge is 2.32. The Morgan fingerprint density at radius 3 is 2.88 bits per heavy atom. The van der Waals surface area contributed by atoms with E-state index in [-0.39, 0.29) is 17.4 Å². The van der Waals surface area contributed by atoms with Crippen molar-refractivity contribution in [1.29, 1.82) is 0 Å². The molecule has 1 aliphatic heterocycles. The second-order valence-electron chi connectivity index (χ2n) is 3.47. The van der Waals surface area contributed by atoms with Crippen molar-refractivity contribution in [2.45, 2.75) is 26.4 Å². The highest BCUT2D eigenvalue weighted by atomic mass is 32.2. The van der Waals surface area contributed by atoms with Crippen LogP contribution in [0.1, 0.15) is 20.3 Å². The molecule has 0 aromatic rings. The highest BCUT2D eigenvalue weighted by Crippen LogP contribution is 2.23. The summed E-state index contributed by atoms with van der Waals surface area (Å²) in [4.78, 5) is 11.5. The van der Waals surface area contributed by atoms with Gasteiger partial charge in [-0.2, -0.15) is 0 Å². The Morgan fingerprint density at radius 2 is 2.29 bits per heavy atom. The van der Waals surface area contributed by atoms with E-state index in [1.54, 1.807) is 6.92 Å². The van der Waals surface area contributed by atoms with E-state index in [1.165, 1.54) is 12.0 Å². The molecular weight excluding hydrogens is 238 g/mol. The van der Waals surface area contributed by atoms with Crippen LogP contribution in [0, 0.1) is 0 Å². The normalized spacial score (nSPS) is 20.6. The van der Waals surface area contributed by atoms with E-state index in [2.05, 4.69) is 0 Å². The maximum absolute atomic E-state index is 11.5. The third kappa shape index (κ3) is 4.19. The predicted octanol–water partition coefficient (Wildman–Crippen LogP) is 2.29. The van der Waals surface area contributed by atoms with Gasteiger partial charge in [0.15, 0.2) is 6.10 Å². The minimum atomic E-state index is -0.528. The number of rotatable bonds is 6. The van der Waals surface area contributed by atoms with E-state index in [1.807, 2.05) is 31.2 Å². The lowest BCUT2D eigenvalue weighted by molar-refractivity contribution is -0.121. The first-order chi connectivity index (χ1) is 8.16. The third-order valence-electron chi connectivity index (χ3n) is 2.07. The summed E-state index contributed by atoms with van der Waals surface area (Å²) in [7, 11) is 0. The first kappa shape index (κ1) is 13.7. The van der Waals surface area contributed by atoms with E-state index in [0.717, 1.165) is 12.2 Å². The number of ketones is 1. The summed E-state index contributed by atoms with van der Waals surface area (Å²) in [5.41, 5.74) is 5.52. The minimum Gasteiger partial charge on any atom is -0.465 e. The van der Waals surface area contributed by atoms with Crippen molar-refractivity contribution in [3.05, 3.63) is 35.9 Å². The zero-order chi connectivity index (χ0) is 12.7. The summed E-state index contributed by atoms with van der Waals surface area (Å²) in [6.45, 7) is 3.61. The van der Waals surface area contributed by atoms with Gasteiger partial charge in [0.2, 0.25) is 17.4 Å². The molecule has 17 heavy (non-hydrogen) atoms. The van der Waals surface area contributed by atoms with Crippen molar-refractivity contribution in [3.8, 4) is 0 Å². The molecule has 0 aliphatic carbocycles. The van der Waals surface area contributed by atoms with Gasteiger partial charge in [-0.3, -0.25) is 4.79 Å². The zero-order valence-electron chi connectivity index (χ0n) is 10.0. The summed E-state index contributed by atoms with van der Waals surface area (Å²) >= 11 is 1.20. The summed E-state index contributed by atoms with van der Waals surface area (Å²) < 4.78 is 10.3. The van der Waals surface area contributed by atoms with Gasteiger partial charge in [0.05, 0.1) is 12.0 Å². The average molecular weight is 255 g/mol. The Morgan fingerprint density at radius 1 is 1.53 bits per heavy atom. The molecule has 0 saturated heterocycles. The van der Waals surface area contributed by atoms with Crippen molar-refractivity contribution in [2.75, 3.05) is 5.75 Å². The molecule has 1 atom stereocenters. The van der Waals surface area contributed by atoms with Crippen LogP contribution in [0.15, 0.2) is 35.9 Å². The minimum absolute atomic E-state index is 0.0828. The van der Waals surface area contributed by atoms with Gasteiger partial charge in [0, 0.05) is 5.75 Å². The number of hydrogen-bond acceptors (Lipinski definition) is 5. The largest absolute Gasteiger partial charge is 0.465 e. The molecule has 0 spiro atoms. The summed E-state index contributed by atoms with van der Waals surface area (Å²) in [5, 5.41) is 0. The van der Waals surface area contributed by atoms with Crippen LogP contribution in [0.3, 0.4) is 0 Å². The molecule has 0 amide bonds. The predicted molar refractivity (Wildman–Crippen MR) is 68.9 cm³/mol. The second kappa shape index (κ2) is 7.06. The molecule has 1 heterocycles. The van der Waals surface area contributed by atoms with Crippen LogP contribution in [0.2, 0.25) is 0 Å². The molecule has 1 aliphatic rings. The highest BCUT2D eigenvalue weighted by molar-refractivity contribution is 7.94. The van der Waals surface area contributed by atoms with Gasteiger partial charge in [-0.05, 0) is 20.3 Å². The van der Waals surface area contributed by atoms with Crippen LogP contribution in [0.25, 0.3) is 0 Å². The van der Waals surface area contributed by atoms with Crippen LogP contribution in [0.4, 0.5) is 0 Å². The van der Waals surface area contributed by atoms with Crippen molar-refractivity contribution in [3.63, 3.8) is 0 Å². The molecule has 2 N–H and O–H groups in total. The van der Waals surface area contributed by atoms with Gasteiger partial charge >= 0.3 is 0 Å². The molecule has 0 bridgehead atoms. The fraction of sp³-hybridized carbons (Fsp3) is 0.417. The van der Waals surface area contributed by atoms with Crippen molar-refractivity contribution >= 4 is 17.8 Å². The van der Waals surface area contributed by atoms with Gasteiger partial charge < -0.3 is 14.7 Å². The number of Topliss-reactive ketones (excluding diaryl/α,β-unsaturated/α-hetero) is 1. The molecule has 94 valence electrons. The van der Waals surface area contributed by atoms with E-state index >= 15 is 0 Å². The molecule has 1 rings (SSSR count). The Kier molecular flexibility index (Phi) is 5.69. The standard InChI is InChI=1S/C12H17NO3S/c1-3-4-5-6-7-8-17-16-11-10(14)9(2)15-12(11)13/h3-6,9H,7-8,13H2,1-2H3/b4-3-,6-5-. The van der Waals surface area contributed by atoms with Gasteiger partial charge in [0.1, 0.15) is 0 Å². The van der Waals surface area contributed by atoms with E-state index in [0.29, 0.717) is 0 Å². The number of nitrogens with two attached hydrogens (primary N) is 1. The third-order valence-corrected chi connectivity index (χ3v) is 2.76. The number of carbonyl (C=O) groups excluding carboxylic acids is 1. The Labute approximate surface area is 106 Å². The topological polar surface area (TPSA) is 61.6 Å². The Bertz CT molecular complexity index is 361. The van der Waals surface area contributed by atoms with E-state index < -0.39 is 6.10 Å². The van der Waals surface area contributed by atoms with Gasteiger partial charge in [-0.25, -0.2) is 0 Å². The van der Waals surface area contributed by atoms with E-state index in [9.17, 15) is 4.79 Å². The lowest BCUT2D eigenvalue weighted by Gasteiger charge is -2.01. The lowest BCUT2D eigenvalue weighted by atomic mass is 10.2. The monoisotopic (exact) mass is 255 g/mol. The van der Waals surface area contributed by atoms with Crippen LogP contribution < -0.4 is 5.73 Å².